The second-order valence-corrected chi connectivity index (χ2v) is 5.03. The molecule has 1 rings (SSSR count). The zero-order valence-electron chi connectivity index (χ0n) is 11.4. The third kappa shape index (κ3) is 4.73. The molecule has 4 nitrogen and oxygen atoms in total. The van der Waals surface area contributed by atoms with Gasteiger partial charge in [-0.25, -0.2) is 0 Å². The molecule has 3 N–H and O–H groups in total. The Morgan fingerprint density at radius 2 is 2.21 bits per heavy atom. The van der Waals surface area contributed by atoms with Gasteiger partial charge in [0.05, 0.1) is 12.6 Å². The maximum absolute atomic E-state index is 11.1. The number of nitrogens with two attached hydrogens (primary N) is 1. The number of hydrogen-bond donors (Lipinski definition) is 2. The maximum Gasteiger partial charge on any atom is 0.236 e. The van der Waals surface area contributed by atoms with Crippen molar-refractivity contribution in [2.75, 3.05) is 18.0 Å². The van der Waals surface area contributed by atoms with Crippen LogP contribution < -0.4 is 10.6 Å². The lowest BCUT2D eigenvalue weighted by Crippen LogP contribution is -2.34. The molecule has 0 aliphatic carbocycles. The van der Waals surface area contributed by atoms with Crippen molar-refractivity contribution in [2.45, 2.75) is 32.8 Å². The summed E-state index contributed by atoms with van der Waals surface area (Å²) in [5.74, 6) is -0.369. The molecule has 1 aromatic carbocycles. The number of nitrogens with zero attached hydrogens (tertiary/aromatic N) is 1. The highest BCUT2D eigenvalue weighted by atomic mass is 35.5. The largest absolute Gasteiger partial charge is 0.389 e. The summed E-state index contributed by atoms with van der Waals surface area (Å²) in [7, 11) is 0. The van der Waals surface area contributed by atoms with E-state index in [0.29, 0.717) is 10.6 Å². The van der Waals surface area contributed by atoms with E-state index in [1.807, 2.05) is 11.0 Å². The molecule has 0 heterocycles. The quantitative estimate of drug-likeness (QED) is 0.808. The van der Waals surface area contributed by atoms with E-state index in [1.54, 1.807) is 19.1 Å². The fourth-order valence-corrected chi connectivity index (χ4v) is 2.22. The van der Waals surface area contributed by atoms with E-state index >= 15 is 0 Å². The molecule has 5 heteroatoms. The van der Waals surface area contributed by atoms with Crippen molar-refractivity contribution in [3.8, 4) is 0 Å². The first-order valence-corrected chi connectivity index (χ1v) is 6.84. The minimum absolute atomic E-state index is 0.171. The van der Waals surface area contributed by atoms with Gasteiger partial charge >= 0.3 is 0 Å². The Bertz CT molecular complexity index is 435. The number of carbonyl (C=O) groups excluding carboxylic acids is 1. The Kier molecular flexibility index (Phi) is 6.12. The van der Waals surface area contributed by atoms with Crippen molar-refractivity contribution in [2.24, 2.45) is 5.73 Å². The predicted molar refractivity (Wildman–Crippen MR) is 78.4 cm³/mol. The minimum Gasteiger partial charge on any atom is -0.389 e. The molecule has 1 atom stereocenters. The number of aliphatic hydroxyl groups excluding tert-OH is 1. The van der Waals surface area contributed by atoms with Gasteiger partial charge in [0.2, 0.25) is 5.91 Å². The topological polar surface area (TPSA) is 66.6 Å². The van der Waals surface area contributed by atoms with Gasteiger partial charge in [-0.1, -0.05) is 31.0 Å². The Morgan fingerprint density at radius 1 is 1.53 bits per heavy atom. The molecule has 106 valence electrons. The lowest BCUT2D eigenvalue weighted by Gasteiger charge is -2.24. The molecule has 0 aliphatic heterocycles. The normalized spacial score (nSPS) is 12.2. The van der Waals surface area contributed by atoms with Crippen LogP contribution in [0.4, 0.5) is 5.69 Å². The number of amides is 1. The third-order valence-corrected chi connectivity index (χ3v) is 3.25. The van der Waals surface area contributed by atoms with Crippen LogP contribution in [0.2, 0.25) is 5.02 Å². The van der Waals surface area contributed by atoms with Crippen LogP contribution in [0, 0.1) is 0 Å². The van der Waals surface area contributed by atoms with Crippen molar-refractivity contribution in [1.29, 1.82) is 0 Å². The number of aliphatic hydroxyl groups is 1. The number of anilines is 1. The SMILES string of the molecule is CCCCN(CC(N)=O)c1ccc(C(C)O)c(Cl)c1. The highest BCUT2D eigenvalue weighted by Gasteiger charge is 2.12. The van der Waals surface area contributed by atoms with E-state index in [1.165, 1.54) is 0 Å². The molecule has 0 aromatic heterocycles. The minimum atomic E-state index is -0.609. The standard InChI is InChI=1S/C14H21ClN2O2/c1-3-4-7-17(9-14(16)19)11-5-6-12(10(2)18)13(15)8-11/h5-6,8,10,18H,3-4,7,9H2,1-2H3,(H2,16,19). The van der Waals surface area contributed by atoms with Gasteiger partial charge in [0.25, 0.3) is 0 Å². The summed E-state index contributed by atoms with van der Waals surface area (Å²) in [5, 5.41) is 10.0. The van der Waals surface area contributed by atoms with Gasteiger partial charge in [-0.15, -0.1) is 0 Å². The summed E-state index contributed by atoms with van der Waals surface area (Å²) < 4.78 is 0. The van der Waals surface area contributed by atoms with Crippen molar-refractivity contribution in [3.05, 3.63) is 28.8 Å². The molecule has 1 amide bonds. The second kappa shape index (κ2) is 7.36. The maximum atomic E-state index is 11.1. The number of rotatable bonds is 7. The summed E-state index contributed by atoms with van der Waals surface area (Å²) in [4.78, 5) is 13.0. The lowest BCUT2D eigenvalue weighted by molar-refractivity contribution is -0.116. The molecule has 0 saturated heterocycles. The molecular weight excluding hydrogens is 264 g/mol. The number of unbranched alkanes of at least 4 members (excludes halogenated alkanes) is 1. The van der Waals surface area contributed by atoms with Crippen LogP contribution in [-0.4, -0.2) is 24.1 Å². The highest BCUT2D eigenvalue weighted by Crippen LogP contribution is 2.28. The molecule has 0 fully saturated rings. The van der Waals surface area contributed by atoms with Crippen LogP contribution in [-0.2, 0) is 4.79 Å². The number of carbonyl (C=O) groups is 1. The molecule has 1 unspecified atom stereocenters. The summed E-state index contributed by atoms with van der Waals surface area (Å²) in [6, 6.07) is 5.40. The Labute approximate surface area is 119 Å². The van der Waals surface area contributed by atoms with Gasteiger partial charge in [-0.2, -0.15) is 0 Å². The highest BCUT2D eigenvalue weighted by molar-refractivity contribution is 6.31. The Morgan fingerprint density at radius 3 is 2.68 bits per heavy atom. The van der Waals surface area contributed by atoms with Gasteiger partial charge < -0.3 is 15.7 Å². The Balaban J connectivity index is 2.95. The zero-order valence-corrected chi connectivity index (χ0v) is 12.2. The number of halogens is 1. The van der Waals surface area contributed by atoms with Gasteiger partial charge in [0.1, 0.15) is 0 Å². The lowest BCUT2D eigenvalue weighted by atomic mass is 10.1. The number of primary amides is 1. The second-order valence-electron chi connectivity index (χ2n) is 4.62. The van der Waals surface area contributed by atoms with Crippen LogP contribution in [0.15, 0.2) is 18.2 Å². The van der Waals surface area contributed by atoms with Crippen LogP contribution in [0.1, 0.15) is 38.4 Å². The first-order chi connectivity index (χ1) is 8.95. The van der Waals surface area contributed by atoms with Crippen LogP contribution in [0.3, 0.4) is 0 Å². The summed E-state index contributed by atoms with van der Waals surface area (Å²) in [5.41, 5.74) is 6.79. The van der Waals surface area contributed by atoms with Crippen molar-refractivity contribution in [1.82, 2.24) is 0 Å². The van der Waals surface area contributed by atoms with Crippen LogP contribution in [0.25, 0.3) is 0 Å². The molecule has 0 saturated carbocycles. The van der Waals surface area contributed by atoms with E-state index < -0.39 is 6.10 Å². The fraction of sp³-hybridized carbons (Fsp3) is 0.500. The first-order valence-electron chi connectivity index (χ1n) is 6.46. The fourth-order valence-electron chi connectivity index (χ4n) is 1.89. The molecule has 0 spiro atoms. The Hall–Kier alpha value is -1.26. The molecular formula is C14H21ClN2O2. The van der Waals surface area contributed by atoms with Crippen molar-refractivity contribution < 1.29 is 9.90 Å². The number of hydrogen-bond acceptors (Lipinski definition) is 3. The average Bonchev–Trinajstić information content (AvgIpc) is 2.33. The van der Waals surface area contributed by atoms with Crippen LogP contribution in [0.5, 0.6) is 0 Å². The van der Waals surface area contributed by atoms with E-state index in [-0.39, 0.29) is 12.5 Å². The summed E-state index contributed by atoms with van der Waals surface area (Å²) in [6.07, 6.45) is 1.40. The zero-order chi connectivity index (χ0) is 14.4. The predicted octanol–water partition coefficient (Wildman–Crippen LogP) is 2.49. The van der Waals surface area contributed by atoms with Gasteiger partial charge in [-0.05, 0) is 31.0 Å². The molecule has 0 radical (unpaired) electrons. The first kappa shape index (κ1) is 15.8. The van der Waals surface area contributed by atoms with Crippen molar-refractivity contribution in [3.63, 3.8) is 0 Å². The monoisotopic (exact) mass is 284 g/mol. The van der Waals surface area contributed by atoms with Crippen molar-refractivity contribution >= 4 is 23.2 Å². The summed E-state index contributed by atoms with van der Waals surface area (Å²) >= 11 is 6.14. The van der Waals surface area contributed by atoms with E-state index in [4.69, 9.17) is 17.3 Å². The van der Waals surface area contributed by atoms with Gasteiger partial charge in [-0.3, -0.25) is 4.79 Å². The van der Waals surface area contributed by atoms with E-state index in [2.05, 4.69) is 6.92 Å². The van der Waals surface area contributed by atoms with Gasteiger partial charge in [0.15, 0.2) is 0 Å². The molecule has 1 aromatic rings. The van der Waals surface area contributed by atoms with Gasteiger partial charge in [0, 0.05) is 17.3 Å². The van der Waals surface area contributed by atoms with E-state index in [9.17, 15) is 9.90 Å². The van der Waals surface area contributed by atoms with Crippen LogP contribution >= 0.6 is 11.6 Å². The number of benzene rings is 1. The average molecular weight is 285 g/mol. The third-order valence-electron chi connectivity index (χ3n) is 2.93. The molecule has 19 heavy (non-hydrogen) atoms. The smallest absolute Gasteiger partial charge is 0.236 e. The van der Waals surface area contributed by atoms with E-state index in [0.717, 1.165) is 25.1 Å². The summed E-state index contributed by atoms with van der Waals surface area (Å²) in [6.45, 7) is 4.68. The molecule has 0 aliphatic rings. The molecule has 0 bridgehead atoms.